The Morgan fingerprint density at radius 3 is 2.43 bits per heavy atom. The zero-order valence-electron chi connectivity index (χ0n) is 12.6. The number of nitrogens with zero attached hydrogens (tertiary/aromatic N) is 2. The molecule has 3 nitrogen and oxygen atoms in total. The van der Waals surface area contributed by atoms with Gasteiger partial charge in [0.1, 0.15) is 11.6 Å². The molecule has 1 heterocycles. The fourth-order valence-electron chi connectivity index (χ4n) is 2.10. The third kappa shape index (κ3) is 4.83. The van der Waals surface area contributed by atoms with Crippen LogP contribution in [0, 0.1) is 5.82 Å². The lowest BCUT2D eigenvalue weighted by Crippen LogP contribution is -2.18. The van der Waals surface area contributed by atoms with E-state index in [0.717, 1.165) is 30.9 Å². The normalized spacial score (nSPS) is 10.6. The molecule has 4 heteroatoms. The SMILES string of the molecule is CCCNCc1ccc(N(C)Cc2ccc(F)cc2)nc1. The Morgan fingerprint density at radius 2 is 1.81 bits per heavy atom. The highest BCUT2D eigenvalue weighted by molar-refractivity contribution is 5.39. The Bertz CT molecular complexity index is 537. The Morgan fingerprint density at radius 1 is 1.10 bits per heavy atom. The van der Waals surface area contributed by atoms with Crippen molar-refractivity contribution in [3.05, 3.63) is 59.5 Å². The van der Waals surface area contributed by atoms with Crippen LogP contribution in [0.1, 0.15) is 24.5 Å². The number of halogens is 1. The van der Waals surface area contributed by atoms with Gasteiger partial charge in [-0.1, -0.05) is 25.1 Å². The number of hydrogen-bond acceptors (Lipinski definition) is 3. The van der Waals surface area contributed by atoms with E-state index in [2.05, 4.69) is 28.2 Å². The Hall–Kier alpha value is -1.94. The lowest BCUT2D eigenvalue weighted by molar-refractivity contribution is 0.627. The van der Waals surface area contributed by atoms with Crippen LogP contribution in [0.4, 0.5) is 10.2 Å². The van der Waals surface area contributed by atoms with Gasteiger partial charge in [0.25, 0.3) is 0 Å². The topological polar surface area (TPSA) is 28.2 Å². The van der Waals surface area contributed by atoms with E-state index in [1.165, 1.54) is 17.7 Å². The number of anilines is 1. The van der Waals surface area contributed by atoms with Crippen LogP contribution in [0.25, 0.3) is 0 Å². The van der Waals surface area contributed by atoms with Crippen LogP contribution in [-0.2, 0) is 13.1 Å². The molecule has 2 rings (SSSR count). The molecule has 21 heavy (non-hydrogen) atoms. The van der Waals surface area contributed by atoms with Crippen LogP contribution < -0.4 is 10.2 Å². The first-order chi connectivity index (χ1) is 10.2. The molecular formula is C17H22FN3. The van der Waals surface area contributed by atoms with Crippen LogP contribution in [0.5, 0.6) is 0 Å². The van der Waals surface area contributed by atoms with Crippen LogP contribution in [0.15, 0.2) is 42.6 Å². The second-order valence-electron chi connectivity index (χ2n) is 5.18. The molecule has 0 fully saturated rings. The molecule has 0 aliphatic heterocycles. The summed E-state index contributed by atoms with van der Waals surface area (Å²) in [5.41, 5.74) is 2.25. The number of nitrogens with one attached hydrogen (secondary N) is 1. The molecule has 1 N–H and O–H groups in total. The number of aromatic nitrogens is 1. The molecule has 0 aliphatic carbocycles. The molecule has 0 bridgehead atoms. The molecule has 0 amide bonds. The average Bonchev–Trinajstić information content (AvgIpc) is 2.50. The van der Waals surface area contributed by atoms with Gasteiger partial charge >= 0.3 is 0 Å². The van der Waals surface area contributed by atoms with Crippen molar-refractivity contribution in [2.45, 2.75) is 26.4 Å². The van der Waals surface area contributed by atoms with E-state index in [1.807, 2.05) is 19.3 Å². The maximum absolute atomic E-state index is 12.9. The van der Waals surface area contributed by atoms with Gasteiger partial charge in [-0.3, -0.25) is 0 Å². The van der Waals surface area contributed by atoms with E-state index in [1.54, 1.807) is 12.1 Å². The Labute approximate surface area is 125 Å². The van der Waals surface area contributed by atoms with Crippen molar-refractivity contribution in [1.29, 1.82) is 0 Å². The molecular weight excluding hydrogens is 265 g/mol. The minimum absolute atomic E-state index is 0.205. The lowest BCUT2D eigenvalue weighted by atomic mass is 10.2. The van der Waals surface area contributed by atoms with Gasteiger partial charge in [0, 0.05) is 26.3 Å². The van der Waals surface area contributed by atoms with Crippen molar-refractivity contribution in [2.75, 3.05) is 18.5 Å². The quantitative estimate of drug-likeness (QED) is 0.792. The predicted octanol–water partition coefficient (Wildman–Crippen LogP) is 3.36. The molecule has 0 saturated heterocycles. The summed E-state index contributed by atoms with van der Waals surface area (Å²) >= 11 is 0. The van der Waals surface area contributed by atoms with Gasteiger partial charge in [-0.2, -0.15) is 0 Å². The molecule has 2 aromatic rings. The third-order valence-electron chi connectivity index (χ3n) is 3.29. The predicted molar refractivity (Wildman–Crippen MR) is 84.7 cm³/mol. The van der Waals surface area contributed by atoms with E-state index < -0.39 is 0 Å². The Kier molecular flexibility index (Phi) is 5.69. The summed E-state index contributed by atoms with van der Waals surface area (Å²) in [6.45, 7) is 4.73. The molecule has 0 radical (unpaired) electrons. The van der Waals surface area contributed by atoms with Crippen molar-refractivity contribution in [1.82, 2.24) is 10.3 Å². The number of rotatable bonds is 7. The highest BCUT2D eigenvalue weighted by Gasteiger charge is 2.04. The van der Waals surface area contributed by atoms with Gasteiger partial charge < -0.3 is 10.2 Å². The highest BCUT2D eigenvalue weighted by Crippen LogP contribution is 2.13. The molecule has 0 aliphatic rings. The molecule has 0 unspecified atom stereocenters. The molecule has 112 valence electrons. The zero-order chi connectivity index (χ0) is 15.1. The van der Waals surface area contributed by atoms with Crippen molar-refractivity contribution >= 4 is 5.82 Å². The minimum Gasteiger partial charge on any atom is -0.355 e. The maximum atomic E-state index is 12.9. The summed E-state index contributed by atoms with van der Waals surface area (Å²) < 4.78 is 12.9. The van der Waals surface area contributed by atoms with E-state index in [-0.39, 0.29) is 5.82 Å². The lowest BCUT2D eigenvalue weighted by Gasteiger charge is -2.18. The zero-order valence-corrected chi connectivity index (χ0v) is 12.6. The average molecular weight is 287 g/mol. The second-order valence-corrected chi connectivity index (χ2v) is 5.18. The fourth-order valence-corrected chi connectivity index (χ4v) is 2.10. The van der Waals surface area contributed by atoms with Gasteiger partial charge in [-0.25, -0.2) is 9.37 Å². The van der Waals surface area contributed by atoms with Crippen molar-refractivity contribution in [3.8, 4) is 0 Å². The van der Waals surface area contributed by atoms with E-state index >= 15 is 0 Å². The largest absolute Gasteiger partial charge is 0.355 e. The first-order valence-electron chi connectivity index (χ1n) is 7.30. The van der Waals surface area contributed by atoms with Crippen LogP contribution >= 0.6 is 0 Å². The van der Waals surface area contributed by atoms with E-state index in [9.17, 15) is 4.39 Å². The highest BCUT2D eigenvalue weighted by atomic mass is 19.1. The van der Waals surface area contributed by atoms with Crippen LogP contribution in [0.2, 0.25) is 0 Å². The first kappa shape index (κ1) is 15.4. The molecule has 0 saturated carbocycles. The molecule has 0 atom stereocenters. The minimum atomic E-state index is -0.205. The summed E-state index contributed by atoms with van der Waals surface area (Å²) in [5.74, 6) is 0.710. The smallest absolute Gasteiger partial charge is 0.128 e. The number of pyridine rings is 1. The number of hydrogen-bond donors (Lipinski definition) is 1. The molecule has 1 aromatic carbocycles. The summed E-state index contributed by atoms with van der Waals surface area (Å²) in [5, 5.41) is 3.36. The standard InChI is InChI=1S/C17H22FN3/c1-3-10-19-11-15-6-9-17(20-12-15)21(2)13-14-4-7-16(18)8-5-14/h4-9,12,19H,3,10-11,13H2,1-2H3. The summed E-state index contributed by atoms with van der Waals surface area (Å²) in [4.78, 5) is 6.53. The number of benzene rings is 1. The van der Waals surface area contributed by atoms with E-state index in [4.69, 9.17) is 0 Å². The molecule has 1 aromatic heterocycles. The second kappa shape index (κ2) is 7.74. The van der Waals surface area contributed by atoms with Crippen LogP contribution in [0.3, 0.4) is 0 Å². The van der Waals surface area contributed by atoms with Gasteiger partial charge in [0.15, 0.2) is 0 Å². The monoisotopic (exact) mass is 287 g/mol. The summed E-state index contributed by atoms with van der Waals surface area (Å²) in [7, 11) is 1.99. The van der Waals surface area contributed by atoms with Gasteiger partial charge in [-0.05, 0) is 42.3 Å². The first-order valence-corrected chi connectivity index (χ1v) is 7.30. The maximum Gasteiger partial charge on any atom is 0.128 e. The van der Waals surface area contributed by atoms with Crippen molar-refractivity contribution < 1.29 is 4.39 Å². The fraction of sp³-hybridized carbons (Fsp3) is 0.353. The summed E-state index contributed by atoms with van der Waals surface area (Å²) in [6.07, 6.45) is 3.03. The van der Waals surface area contributed by atoms with Crippen LogP contribution in [-0.4, -0.2) is 18.6 Å². The summed E-state index contributed by atoms with van der Waals surface area (Å²) in [6, 6.07) is 10.7. The third-order valence-corrected chi connectivity index (χ3v) is 3.29. The van der Waals surface area contributed by atoms with E-state index in [0.29, 0.717) is 6.54 Å². The van der Waals surface area contributed by atoms with Gasteiger partial charge in [0.05, 0.1) is 0 Å². The van der Waals surface area contributed by atoms with Crippen molar-refractivity contribution in [2.24, 2.45) is 0 Å². The van der Waals surface area contributed by atoms with Crippen molar-refractivity contribution in [3.63, 3.8) is 0 Å². The Balaban J connectivity index is 1.93. The van der Waals surface area contributed by atoms with Gasteiger partial charge in [0.2, 0.25) is 0 Å². The molecule has 0 spiro atoms. The van der Waals surface area contributed by atoms with Gasteiger partial charge in [-0.15, -0.1) is 0 Å².